The molecule has 17 nitrogen and oxygen atoms in total. The highest BCUT2D eigenvalue weighted by Gasteiger charge is 2.52. The van der Waals surface area contributed by atoms with Crippen LogP contribution in [0.1, 0.15) is 54.7 Å². The Morgan fingerprint density at radius 3 is 2.29 bits per heavy atom. The molecule has 3 unspecified atom stereocenters. The highest BCUT2D eigenvalue weighted by molar-refractivity contribution is 5.99. The number of amides is 1. The Morgan fingerprint density at radius 1 is 0.945 bits per heavy atom. The second-order valence-corrected chi connectivity index (χ2v) is 14.4. The van der Waals surface area contributed by atoms with E-state index in [2.05, 4.69) is 0 Å². The zero-order valence-electron chi connectivity index (χ0n) is 30.9. The molecule has 0 radical (unpaired) electrons. The third-order valence-corrected chi connectivity index (χ3v) is 9.88. The van der Waals surface area contributed by atoms with Gasteiger partial charge in [-0.25, -0.2) is 9.59 Å². The standard InChI is InChI=1S/C38H47NO16/c1-16(2)6-7-18-12-19(8-10-23(18)42)24(43)13-21-32(53-35-29(46)28(45)27(44)26(15-41)51-35)20-9-11-25(17(3)31(20)52-34(21)48)50-36-30(47)33(54-37(39)49)22(14-40)38(4,5)55-36/h6,8-12,22,26-30,33,35-36,40-42,44-47H,7,13-15H2,1-5H3,(H2,39,49)/t22-,26?,27-,28+,29?,30+,33?,35+,36-/m1/s1. The summed E-state index contributed by atoms with van der Waals surface area (Å²) in [6.07, 6.45) is -12.6. The molecule has 17 heteroatoms. The summed E-state index contributed by atoms with van der Waals surface area (Å²) in [7, 11) is 0. The molecule has 0 saturated carbocycles. The first-order valence-electron chi connectivity index (χ1n) is 17.5. The number of ketones is 1. The molecule has 2 aliphatic rings. The van der Waals surface area contributed by atoms with Crippen molar-refractivity contribution in [2.24, 2.45) is 11.7 Å². The average Bonchev–Trinajstić information content (AvgIpc) is 3.12. The van der Waals surface area contributed by atoms with Crippen LogP contribution >= 0.6 is 0 Å². The van der Waals surface area contributed by atoms with Crippen molar-refractivity contribution in [3.05, 3.63) is 74.7 Å². The molecule has 3 aromatic rings. The number of aryl methyl sites for hydroxylation is 1. The van der Waals surface area contributed by atoms with Crippen LogP contribution in [0.25, 0.3) is 11.0 Å². The summed E-state index contributed by atoms with van der Waals surface area (Å²) in [5.41, 5.74) is 4.33. The van der Waals surface area contributed by atoms with E-state index in [1.165, 1.54) is 37.3 Å². The van der Waals surface area contributed by atoms with Crippen LogP contribution in [-0.4, -0.2) is 116 Å². The minimum atomic E-state index is -1.88. The number of carbonyl (C=O) groups is 2. The van der Waals surface area contributed by atoms with Gasteiger partial charge in [-0.05, 0) is 76.9 Å². The highest BCUT2D eigenvalue weighted by atomic mass is 16.7. The molecule has 5 rings (SSSR count). The Bertz CT molecular complexity index is 1980. The zero-order valence-corrected chi connectivity index (χ0v) is 30.9. The second-order valence-electron chi connectivity index (χ2n) is 14.4. The van der Waals surface area contributed by atoms with Crippen molar-refractivity contribution in [3.8, 4) is 17.2 Å². The molecule has 2 fully saturated rings. The number of benzene rings is 2. The van der Waals surface area contributed by atoms with Gasteiger partial charge in [0.25, 0.3) is 0 Å². The second kappa shape index (κ2) is 16.6. The number of phenolic OH excluding ortho intramolecular Hbond substituents is 1. The maximum atomic E-state index is 13.8. The van der Waals surface area contributed by atoms with Gasteiger partial charge < -0.3 is 69.6 Å². The summed E-state index contributed by atoms with van der Waals surface area (Å²) >= 11 is 0. The van der Waals surface area contributed by atoms with E-state index >= 15 is 0 Å². The molecule has 2 saturated heterocycles. The molecule has 1 amide bonds. The lowest BCUT2D eigenvalue weighted by molar-refractivity contribution is -0.290. The number of Topliss-reactive ketones (excluding diaryl/α,β-unsaturated/α-hetero) is 1. The molecule has 3 heterocycles. The largest absolute Gasteiger partial charge is 0.508 e. The summed E-state index contributed by atoms with van der Waals surface area (Å²) in [6, 6.07) is 7.05. The van der Waals surface area contributed by atoms with Gasteiger partial charge in [-0.2, -0.15) is 0 Å². The molecule has 300 valence electrons. The van der Waals surface area contributed by atoms with Crippen LogP contribution in [0, 0.1) is 12.8 Å². The Kier molecular flexibility index (Phi) is 12.6. The Balaban J connectivity index is 1.58. The molecule has 2 aliphatic heterocycles. The van der Waals surface area contributed by atoms with E-state index in [-0.39, 0.29) is 44.9 Å². The molecule has 9 atom stereocenters. The molecule has 0 aliphatic carbocycles. The van der Waals surface area contributed by atoms with Crippen molar-refractivity contribution < 1.29 is 73.4 Å². The van der Waals surface area contributed by atoms with Gasteiger partial charge in [-0.3, -0.25) is 4.79 Å². The molecule has 0 bridgehead atoms. The third-order valence-electron chi connectivity index (χ3n) is 9.88. The Morgan fingerprint density at radius 2 is 1.65 bits per heavy atom. The van der Waals surface area contributed by atoms with Crippen LogP contribution in [-0.2, 0) is 27.1 Å². The number of rotatable bonds is 12. The van der Waals surface area contributed by atoms with Crippen LogP contribution in [0.5, 0.6) is 17.2 Å². The number of ether oxygens (including phenoxy) is 5. The van der Waals surface area contributed by atoms with Crippen molar-refractivity contribution >= 4 is 22.8 Å². The van der Waals surface area contributed by atoms with Gasteiger partial charge in [0.2, 0.25) is 12.6 Å². The Hall–Kier alpha value is -4.59. The predicted molar refractivity (Wildman–Crippen MR) is 192 cm³/mol. The van der Waals surface area contributed by atoms with Gasteiger partial charge in [0.15, 0.2) is 11.9 Å². The van der Waals surface area contributed by atoms with E-state index in [1.807, 2.05) is 19.9 Å². The summed E-state index contributed by atoms with van der Waals surface area (Å²) in [5.74, 6) is -1.76. The fourth-order valence-electron chi connectivity index (χ4n) is 6.66. The van der Waals surface area contributed by atoms with E-state index in [0.29, 0.717) is 12.0 Å². The van der Waals surface area contributed by atoms with Crippen molar-refractivity contribution in [1.29, 1.82) is 0 Å². The molecule has 9 N–H and O–H groups in total. The van der Waals surface area contributed by atoms with Crippen LogP contribution in [0.2, 0.25) is 0 Å². The number of primary amides is 1. The van der Waals surface area contributed by atoms with Gasteiger partial charge in [-0.15, -0.1) is 0 Å². The van der Waals surface area contributed by atoms with Gasteiger partial charge in [0.05, 0.1) is 35.7 Å². The number of aliphatic hydroxyl groups excluding tert-OH is 6. The molecule has 55 heavy (non-hydrogen) atoms. The van der Waals surface area contributed by atoms with Crippen LogP contribution in [0.4, 0.5) is 4.79 Å². The van der Waals surface area contributed by atoms with Crippen LogP contribution in [0.15, 0.2) is 51.2 Å². The highest BCUT2D eigenvalue weighted by Crippen LogP contribution is 2.40. The number of fused-ring (bicyclic) bond motifs is 1. The summed E-state index contributed by atoms with van der Waals surface area (Å²) < 4.78 is 34.5. The van der Waals surface area contributed by atoms with Gasteiger partial charge in [0, 0.05) is 17.5 Å². The number of phenols is 1. The first kappa shape index (κ1) is 41.6. The van der Waals surface area contributed by atoms with E-state index in [0.717, 1.165) is 5.57 Å². The minimum absolute atomic E-state index is 0.0198. The summed E-state index contributed by atoms with van der Waals surface area (Å²) in [4.78, 5) is 39.2. The molecular weight excluding hydrogens is 726 g/mol. The number of carbonyl (C=O) groups excluding carboxylic acids is 2. The quantitative estimate of drug-likeness (QED) is 0.0720. The average molecular weight is 774 g/mol. The summed E-state index contributed by atoms with van der Waals surface area (Å²) in [5, 5.41) is 73.0. The number of aliphatic hydroxyl groups is 6. The Labute approximate surface area is 315 Å². The topological polar surface area (TPSA) is 278 Å². The molecule has 1 aromatic heterocycles. The molecular formula is C38H47NO16. The normalized spacial score (nSPS) is 27.7. The number of nitrogens with two attached hydrogens (primary N) is 1. The fraction of sp³-hybridized carbons (Fsp3) is 0.500. The zero-order chi connectivity index (χ0) is 40.5. The number of hydrogen-bond donors (Lipinski definition) is 8. The monoisotopic (exact) mass is 773 g/mol. The van der Waals surface area contributed by atoms with Gasteiger partial charge >= 0.3 is 11.7 Å². The maximum absolute atomic E-state index is 13.8. The van der Waals surface area contributed by atoms with Crippen molar-refractivity contribution in [2.75, 3.05) is 13.2 Å². The van der Waals surface area contributed by atoms with Crippen LogP contribution in [0.3, 0.4) is 0 Å². The predicted octanol–water partition coefficient (Wildman–Crippen LogP) is 0.867. The number of aromatic hydroxyl groups is 1. The summed E-state index contributed by atoms with van der Waals surface area (Å²) in [6.45, 7) is 7.16. The van der Waals surface area contributed by atoms with Crippen molar-refractivity contribution in [3.63, 3.8) is 0 Å². The van der Waals surface area contributed by atoms with Crippen molar-refractivity contribution in [2.45, 2.75) is 102 Å². The van der Waals surface area contributed by atoms with E-state index in [1.54, 1.807) is 13.8 Å². The van der Waals surface area contributed by atoms with Gasteiger partial charge in [0.1, 0.15) is 53.4 Å². The van der Waals surface area contributed by atoms with E-state index in [4.69, 9.17) is 33.8 Å². The number of hydrogen-bond acceptors (Lipinski definition) is 16. The van der Waals surface area contributed by atoms with E-state index in [9.17, 15) is 50.1 Å². The SMILES string of the molecule is CC(C)=CCc1cc(C(=O)Cc2c(O[C@@H]3OC(CO)[C@@H](O)[C@H](O)C3O)c3ccc(O[C@@H]4OC(C)(C)[C@H](CO)C(OC(N)=O)[C@@H]4O)c(C)c3oc2=O)ccc1O. The van der Waals surface area contributed by atoms with Crippen molar-refractivity contribution in [1.82, 2.24) is 0 Å². The lowest BCUT2D eigenvalue weighted by Crippen LogP contribution is -2.62. The van der Waals surface area contributed by atoms with Gasteiger partial charge in [-0.1, -0.05) is 11.6 Å². The first-order valence-corrected chi connectivity index (χ1v) is 17.5. The first-order chi connectivity index (χ1) is 25.9. The lowest BCUT2D eigenvalue weighted by atomic mass is 9.81. The lowest BCUT2D eigenvalue weighted by Gasteiger charge is -2.47. The number of allylic oxidation sites excluding steroid dienone is 2. The smallest absolute Gasteiger partial charge is 0.404 e. The fourth-order valence-corrected chi connectivity index (χ4v) is 6.66. The maximum Gasteiger partial charge on any atom is 0.404 e. The third kappa shape index (κ3) is 8.63. The van der Waals surface area contributed by atoms with Crippen LogP contribution < -0.4 is 20.8 Å². The molecule has 0 spiro atoms. The molecule has 2 aromatic carbocycles. The van der Waals surface area contributed by atoms with E-state index < -0.39 is 97.9 Å². The minimum Gasteiger partial charge on any atom is -0.508 e.